The topological polar surface area (TPSA) is 0 Å². The van der Waals surface area contributed by atoms with Crippen molar-refractivity contribution in [3.63, 3.8) is 0 Å². The SMILES string of the molecule is CC12C3=c4c5cccc4=C4C=CC=C(c6cccc(c61)-c1cccc-5c12)C43. The van der Waals surface area contributed by atoms with E-state index in [-0.39, 0.29) is 5.41 Å². The monoisotopic (exact) mass is 340 g/mol. The minimum atomic E-state index is -0.00407. The summed E-state index contributed by atoms with van der Waals surface area (Å²) in [5.74, 6) is 0.415. The van der Waals surface area contributed by atoms with Crippen LogP contribution in [0.2, 0.25) is 0 Å². The molecule has 0 nitrogen and oxygen atoms in total. The van der Waals surface area contributed by atoms with E-state index in [0.29, 0.717) is 5.92 Å². The quantitative estimate of drug-likeness (QED) is 0.563. The van der Waals surface area contributed by atoms with Crippen LogP contribution in [0.5, 0.6) is 0 Å². The summed E-state index contributed by atoms with van der Waals surface area (Å²) >= 11 is 0. The molecule has 0 N–H and O–H groups in total. The smallest absolute Gasteiger partial charge is 0.0426 e. The van der Waals surface area contributed by atoms with E-state index in [4.69, 9.17) is 0 Å². The van der Waals surface area contributed by atoms with Gasteiger partial charge in [0.25, 0.3) is 0 Å². The van der Waals surface area contributed by atoms with Crippen molar-refractivity contribution in [2.75, 3.05) is 0 Å². The van der Waals surface area contributed by atoms with Crippen LogP contribution in [0.15, 0.2) is 72.8 Å². The van der Waals surface area contributed by atoms with Crippen molar-refractivity contribution in [3.8, 4) is 22.3 Å². The van der Waals surface area contributed by atoms with Gasteiger partial charge in [-0.1, -0.05) is 72.8 Å². The Kier molecular flexibility index (Phi) is 1.83. The van der Waals surface area contributed by atoms with Crippen molar-refractivity contribution in [3.05, 3.63) is 100.0 Å². The Labute approximate surface area is 157 Å². The van der Waals surface area contributed by atoms with Gasteiger partial charge >= 0.3 is 0 Å². The van der Waals surface area contributed by atoms with Crippen molar-refractivity contribution in [2.45, 2.75) is 12.3 Å². The summed E-state index contributed by atoms with van der Waals surface area (Å²) in [6.07, 6.45) is 6.97. The molecular weight excluding hydrogens is 324 g/mol. The van der Waals surface area contributed by atoms with E-state index in [1.165, 1.54) is 49.4 Å². The lowest BCUT2D eigenvalue weighted by Gasteiger charge is -2.44. The zero-order valence-electron chi connectivity index (χ0n) is 15.0. The van der Waals surface area contributed by atoms with E-state index in [2.05, 4.69) is 79.7 Å². The molecule has 27 heavy (non-hydrogen) atoms. The molecule has 0 spiro atoms. The van der Waals surface area contributed by atoms with Crippen LogP contribution in [0, 0.1) is 5.92 Å². The largest absolute Gasteiger partial charge is 0.0616 e. The second-order valence-corrected chi connectivity index (χ2v) is 8.59. The number of fused-ring (bicyclic) bond motifs is 3. The van der Waals surface area contributed by atoms with Gasteiger partial charge in [0.05, 0.1) is 0 Å². The molecule has 2 atom stereocenters. The molecule has 0 aromatic heterocycles. The number of allylic oxidation sites excluding steroid dienone is 4. The number of benzene rings is 3. The molecule has 0 saturated heterocycles. The molecule has 0 heteroatoms. The van der Waals surface area contributed by atoms with Crippen LogP contribution in [-0.2, 0) is 5.41 Å². The molecule has 3 aromatic carbocycles. The van der Waals surface area contributed by atoms with Crippen molar-refractivity contribution >= 4 is 16.7 Å². The second kappa shape index (κ2) is 3.77. The van der Waals surface area contributed by atoms with Crippen LogP contribution in [0.4, 0.5) is 0 Å². The maximum Gasteiger partial charge on any atom is 0.0426 e. The number of hydrogen-bond donors (Lipinski definition) is 0. The first-order valence-electron chi connectivity index (χ1n) is 9.84. The first-order chi connectivity index (χ1) is 13.3. The van der Waals surface area contributed by atoms with Gasteiger partial charge in [-0.3, -0.25) is 0 Å². The van der Waals surface area contributed by atoms with Crippen molar-refractivity contribution < 1.29 is 0 Å². The molecule has 0 amide bonds. The summed E-state index contributed by atoms with van der Waals surface area (Å²) in [6.45, 7) is 2.50. The molecule has 124 valence electrons. The average molecular weight is 340 g/mol. The highest BCUT2D eigenvalue weighted by atomic mass is 14.6. The van der Waals surface area contributed by atoms with Gasteiger partial charge < -0.3 is 0 Å². The maximum atomic E-state index is 2.50. The molecule has 8 rings (SSSR count). The zero-order chi connectivity index (χ0) is 17.5. The van der Waals surface area contributed by atoms with Crippen LogP contribution in [0.1, 0.15) is 23.6 Å². The molecule has 5 aliphatic rings. The third kappa shape index (κ3) is 1.11. The van der Waals surface area contributed by atoms with Gasteiger partial charge in [-0.25, -0.2) is 0 Å². The Hall–Kier alpha value is -3.12. The summed E-state index contributed by atoms with van der Waals surface area (Å²) in [6, 6.07) is 20.8. The van der Waals surface area contributed by atoms with Crippen LogP contribution >= 0.6 is 0 Å². The summed E-state index contributed by atoms with van der Waals surface area (Å²) in [5.41, 5.74) is 14.9. The predicted molar refractivity (Wildman–Crippen MR) is 110 cm³/mol. The fourth-order valence-electron chi connectivity index (χ4n) is 6.90. The first-order valence-corrected chi connectivity index (χ1v) is 9.84. The predicted octanol–water partition coefficient (Wildman–Crippen LogP) is 4.55. The number of rotatable bonds is 0. The third-order valence-electron chi connectivity index (χ3n) is 7.67. The van der Waals surface area contributed by atoms with E-state index in [1.54, 1.807) is 16.7 Å². The minimum Gasteiger partial charge on any atom is -0.0616 e. The normalized spacial score (nSPS) is 25.7. The van der Waals surface area contributed by atoms with Gasteiger partial charge in [-0.05, 0) is 73.0 Å². The fraction of sp³-hybridized carbons (Fsp3) is 0.111. The Morgan fingerprint density at radius 1 is 0.741 bits per heavy atom. The Balaban J connectivity index is 1.79. The first kappa shape index (κ1) is 13.1. The molecule has 0 bridgehead atoms. The molecule has 0 radical (unpaired) electrons. The van der Waals surface area contributed by atoms with Crippen molar-refractivity contribution in [1.29, 1.82) is 0 Å². The molecular formula is C27H16. The van der Waals surface area contributed by atoms with E-state index in [9.17, 15) is 0 Å². The van der Waals surface area contributed by atoms with Gasteiger partial charge in [0.15, 0.2) is 0 Å². The molecule has 2 unspecified atom stereocenters. The highest BCUT2D eigenvalue weighted by Crippen LogP contribution is 2.66. The average Bonchev–Trinajstić information content (AvgIpc) is 3.20. The lowest BCUT2D eigenvalue weighted by molar-refractivity contribution is 0.707. The van der Waals surface area contributed by atoms with E-state index in [0.717, 1.165) is 0 Å². The van der Waals surface area contributed by atoms with Crippen LogP contribution in [0.25, 0.3) is 39.0 Å². The second-order valence-electron chi connectivity index (χ2n) is 8.59. The van der Waals surface area contributed by atoms with Gasteiger partial charge in [-0.2, -0.15) is 0 Å². The maximum absolute atomic E-state index is 2.50. The molecule has 0 heterocycles. The lowest BCUT2D eigenvalue weighted by Crippen LogP contribution is -2.40. The highest BCUT2D eigenvalue weighted by molar-refractivity contribution is 6.10. The van der Waals surface area contributed by atoms with E-state index >= 15 is 0 Å². The van der Waals surface area contributed by atoms with Gasteiger partial charge in [0.2, 0.25) is 0 Å². The van der Waals surface area contributed by atoms with Gasteiger partial charge in [0.1, 0.15) is 0 Å². The van der Waals surface area contributed by atoms with Gasteiger partial charge in [0, 0.05) is 11.3 Å². The van der Waals surface area contributed by atoms with Crippen LogP contribution < -0.4 is 10.4 Å². The summed E-state index contributed by atoms with van der Waals surface area (Å²) < 4.78 is 0. The Bertz CT molecular complexity index is 1470. The summed E-state index contributed by atoms with van der Waals surface area (Å²) in [5, 5.41) is 2.97. The van der Waals surface area contributed by atoms with Crippen LogP contribution in [-0.4, -0.2) is 0 Å². The van der Waals surface area contributed by atoms with E-state index in [1.807, 2.05) is 0 Å². The van der Waals surface area contributed by atoms with Crippen LogP contribution in [0.3, 0.4) is 0 Å². The Morgan fingerprint density at radius 3 is 2.19 bits per heavy atom. The van der Waals surface area contributed by atoms with Crippen molar-refractivity contribution in [2.24, 2.45) is 5.92 Å². The number of hydrogen-bond acceptors (Lipinski definition) is 0. The lowest BCUT2D eigenvalue weighted by atomic mass is 9.57. The minimum absolute atomic E-state index is 0.00407. The summed E-state index contributed by atoms with van der Waals surface area (Å²) in [4.78, 5) is 0. The van der Waals surface area contributed by atoms with E-state index < -0.39 is 0 Å². The molecule has 0 fully saturated rings. The summed E-state index contributed by atoms with van der Waals surface area (Å²) in [7, 11) is 0. The van der Waals surface area contributed by atoms with Gasteiger partial charge in [-0.15, -0.1) is 0 Å². The highest BCUT2D eigenvalue weighted by Gasteiger charge is 2.55. The third-order valence-corrected chi connectivity index (χ3v) is 7.67. The van der Waals surface area contributed by atoms with Crippen molar-refractivity contribution in [1.82, 2.24) is 0 Å². The fourth-order valence-corrected chi connectivity index (χ4v) is 6.90. The molecule has 3 aromatic rings. The Morgan fingerprint density at radius 2 is 1.37 bits per heavy atom. The molecule has 5 aliphatic carbocycles. The zero-order valence-corrected chi connectivity index (χ0v) is 15.0. The standard InChI is InChI=1S/C27H16/c1-27-24-18-10-4-12-20(24)21-13-5-11-19(25(21)27)17-9-3-7-15-14-6-2-8-16(18)22(14)26(27)23(15)17/h2-13,22H,1H3. The molecule has 0 aliphatic heterocycles. The molecule has 0 saturated carbocycles.